The highest BCUT2D eigenvalue weighted by molar-refractivity contribution is 9.10. The molecule has 0 aliphatic rings. The van der Waals surface area contributed by atoms with Gasteiger partial charge in [-0.2, -0.15) is 0 Å². The van der Waals surface area contributed by atoms with Gasteiger partial charge in [-0.1, -0.05) is 64.3 Å². The molecule has 0 saturated heterocycles. The Morgan fingerprint density at radius 1 is 1.00 bits per heavy atom. The first kappa shape index (κ1) is 16.8. The summed E-state index contributed by atoms with van der Waals surface area (Å²) in [4.78, 5) is 0. The third-order valence-electron chi connectivity index (χ3n) is 3.05. The number of hydrogen-bond donors (Lipinski definition) is 1. The first-order valence-corrected chi connectivity index (χ1v) is 7.05. The van der Waals surface area contributed by atoms with Crippen LogP contribution in [0.25, 0.3) is 0 Å². The predicted molar refractivity (Wildman–Crippen MR) is 91.4 cm³/mol. The van der Waals surface area contributed by atoms with E-state index in [0.717, 1.165) is 11.0 Å². The predicted octanol–water partition coefficient (Wildman–Crippen LogP) is 4.23. The Kier molecular flexibility index (Phi) is 7.40. The maximum Gasteiger partial charge on any atom is 0.0574 e. The second-order valence-electron chi connectivity index (χ2n) is 4.35. The van der Waals surface area contributed by atoms with Gasteiger partial charge in [-0.25, -0.2) is 0 Å². The van der Waals surface area contributed by atoms with Crippen LogP contribution < -0.4 is 5.32 Å². The highest BCUT2D eigenvalue weighted by Crippen LogP contribution is 2.25. The molecule has 0 radical (unpaired) electrons. The monoisotopic (exact) mass is 349 g/mol. The van der Waals surface area contributed by atoms with Crippen molar-refractivity contribution in [3.63, 3.8) is 0 Å². The summed E-state index contributed by atoms with van der Waals surface area (Å²) in [7, 11) is 0. The minimum atomic E-state index is 0. The van der Waals surface area contributed by atoms with Gasteiger partial charge in [-0.05, 0) is 23.3 Å². The molecule has 1 atom stereocenters. The van der Waals surface area contributed by atoms with E-state index in [1.165, 1.54) is 11.1 Å². The van der Waals surface area contributed by atoms with Gasteiger partial charge < -0.3 is 5.32 Å². The second kappa shape index (κ2) is 8.81. The second-order valence-corrected chi connectivity index (χ2v) is 5.27. The van der Waals surface area contributed by atoms with Gasteiger partial charge in [0, 0.05) is 16.9 Å². The van der Waals surface area contributed by atoms with Crippen molar-refractivity contribution in [2.45, 2.75) is 5.92 Å². The Balaban J connectivity index is 0.00000200. The maximum absolute atomic E-state index is 5.29. The standard InChI is InChI=1S/C17H16BrN.ClH/c1-2-12-19-13-17(14-6-4-3-5-7-14)15-8-10-16(18)11-9-15;/h1,3-11,17,19H,12-13H2;1H. The van der Waals surface area contributed by atoms with Crippen LogP contribution in [0.15, 0.2) is 59.1 Å². The Bertz CT molecular complexity index is 545. The molecule has 104 valence electrons. The van der Waals surface area contributed by atoms with Gasteiger partial charge >= 0.3 is 0 Å². The van der Waals surface area contributed by atoms with Crippen molar-refractivity contribution in [1.29, 1.82) is 0 Å². The van der Waals surface area contributed by atoms with E-state index in [2.05, 4.69) is 75.7 Å². The molecule has 2 aromatic rings. The van der Waals surface area contributed by atoms with Crippen molar-refractivity contribution in [2.75, 3.05) is 13.1 Å². The summed E-state index contributed by atoms with van der Waals surface area (Å²) < 4.78 is 1.10. The lowest BCUT2D eigenvalue weighted by Gasteiger charge is -2.18. The molecule has 0 aliphatic carbocycles. The van der Waals surface area contributed by atoms with Gasteiger partial charge in [0.05, 0.1) is 6.54 Å². The van der Waals surface area contributed by atoms with Gasteiger partial charge in [0.1, 0.15) is 0 Å². The third-order valence-corrected chi connectivity index (χ3v) is 3.58. The SMILES string of the molecule is C#CCNCC(c1ccccc1)c1ccc(Br)cc1.Cl. The summed E-state index contributed by atoms with van der Waals surface area (Å²) in [6, 6.07) is 19.0. The van der Waals surface area contributed by atoms with E-state index in [9.17, 15) is 0 Å². The normalized spacial score (nSPS) is 11.2. The molecule has 20 heavy (non-hydrogen) atoms. The molecule has 3 heteroatoms. The number of benzene rings is 2. The lowest BCUT2D eigenvalue weighted by molar-refractivity contribution is 0.683. The smallest absolute Gasteiger partial charge is 0.0574 e. The van der Waals surface area contributed by atoms with Gasteiger partial charge in [0.15, 0.2) is 0 Å². The molecule has 1 N–H and O–H groups in total. The van der Waals surface area contributed by atoms with E-state index in [1.807, 2.05) is 6.07 Å². The van der Waals surface area contributed by atoms with Crippen molar-refractivity contribution in [1.82, 2.24) is 5.32 Å². The molecule has 0 heterocycles. The van der Waals surface area contributed by atoms with Crippen molar-refractivity contribution in [3.05, 3.63) is 70.2 Å². The molecule has 2 aromatic carbocycles. The van der Waals surface area contributed by atoms with E-state index in [0.29, 0.717) is 12.5 Å². The Morgan fingerprint density at radius 2 is 1.60 bits per heavy atom. The molecule has 0 amide bonds. The average molecular weight is 351 g/mol. The van der Waals surface area contributed by atoms with Crippen LogP contribution in [0.3, 0.4) is 0 Å². The van der Waals surface area contributed by atoms with Crippen LogP contribution in [0.2, 0.25) is 0 Å². The lowest BCUT2D eigenvalue weighted by Crippen LogP contribution is -2.22. The fourth-order valence-electron chi connectivity index (χ4n) is 2.10. The molecule has 1 nitrogen and oxygen atoms in total. The highest BCUT2D eigenvalue weighted by Gasteiger charge is 2.13. The van der Waals surface area contributed by atoms with E-state index >= 15 is 0 Å². The first-order valence-electron chi connectivity index (χ1n) is 6.26. The first-order chi connectivity index (χ1) is 9.31. The molecular formula is C17H17BrClN. The highest BCUT2D eigenvalue weighted by atomic mass is 79.9. The number of terminal acetylenes is 1. The molecule has 0 saturated carbocycles. The van der Waals surface area contributed by atoms with Gasteiger partial charge in [-0.3, -0.25) is 0 Å². The van der Waals surface area contributed by atoms with Crippen LogP contribution in [-0.2, 0) is 0 Å². The van der Waals surface area contributed by atoms with E-state index in [4.69, 9.17) is 6.42 Å². The summed E-state index contributed by atoms with van der Waals surface area (Å²) in [5, 5.41) is 3.30. The van der Waals surface area contributed by atoms with Gasteiger partial charge in [-0.15, -0.1) is 18.8 Å². The Labute approximate surface area is 135 Å². The maximum atomic E-state index is 5.29. The fourth-order valence-corrected chi connectivity index (χ4v) is 2.36. The van der Waals surface area contributed by atoms with Crippen molar-refractivity contribution < 1.29 is 0 Å². The van der Waals surface area contributed by atoms with Crippen LogP contribution in [0.4, 0.5) is 0 Å². The van der Waals surface area contributed by atoms with E-state index in [-0.39, 0.29) is 12.4 Å². The topological polar surface area (TPSA) is 12.0 Å². The minimum Gasteiger partial charge on any atom is -0.305 e. The van der Waals surface area contributed by atoms with Gasteiger partial charge in [0.25, 0.3) is 0 Å². The van der Waals surface area contributed by atoms with Crippen molar-refractivity contribution >= 4 is 28.3 Å². The summed E-state index contributed by atoms with van der Waals surface area (Å²) in [5.41, 5.74) is 2.59. The zero-order valence-corrected chi connectivity index (χ0v) is 13.5. The van der Waals surface area contributed by atoms with Crippen LogP contribution in [-0.4, -0.2) is 13.1 Å². The number of nitrogens with one attached hydrogen (secondary N) is 1. The summed E-state index contributed by atoms with van der Waals surface area (Å²) >= 11 is 3.47. The summed E-state index contributed by atoms with van der Waals surface area (Å²) in [6.45, 7) is 1.44. The van der Waals surface area contributed by atoms with Crippen LogP contribution in [0.5, 0.6) is 0 Å². The zero-order chi connectivity index (χ0) is 13.5. The molecule has 1 unspecified atom stereocenters. The molecular weight excluding hydrogens is 334 g/mol. The van der Waals surface area contributed by atoms with Crippen molar-refractivity contribution in [3.8, 4) is 12.3 Å². The Hall–Kier alpha value is -1.27. The molecule has 2 rings (SSSR count). The molecule has 0 fully saturated rings. The molecule has 0 spiro atoms. The van der Waals surface area contributed by atoms with E-state index < -0.39 is 0 Å². The number of hydrogen-bond acceptors (Lipinski definition) is 1. The minimum absolute atomic E-state index is 0. The number of halogens is 2. The molecule has 0 bridgehead atoms. The quantitative estimate of drug-likeness (QED) is 0.629. The summed E-state index contributed by atoms with van der Waals surface area (Å²) in [5.74, 6) is 2.94. The van der Waals surface area contributed by atoms with Crippen molar-refractivity contribution in [2.24, 2.45) is 0 Å². The molecule has 0 aliphatic heterocycles. The van der Waals surface area contributed by atoms with E-state index in [1.54, 1.807) is 0 Å². The lowest BCUT2D eigenvalue weighted by atomic mass is 9.91. The average Bonchev–Trinajstić information content (AvgIpc) is 2.46. The summed E-state index contributed by atoms with van der Waals surface area (Å²) in [6.07, 6.45) is 5.29. The number of rotatable bonds is 5. The molecule has 0 aromatic heterocycles. The van der Waals surface area contributed by atoms with Crippen LogP contribution >= 0.6 is 28.3 Å². The largest absolute Gasteiger partial charge is 0.305 e. The van der Waals surface area contributed by atoms with Gasteiger partial charge in [0.2, 0.25) is 0 Å². The van der Waals surface area contributed by atoms with Crippen LogP contribution in [0, 0.1) is 12.3 Å². The zero-order valence-electron chi connectivity index (χ0n) is 11.1. The van der Waals surface area contributed by atoms with Crippen LogP contribution in [0.1, 0.15) is 17.0 Å². The Morgan fingerprint density at radius 3 is 2.20 bits per heavy atom. The fraction of sp³-hybridized carbons (Fsp3) is 0.176. The third kappa shape index (κ3) is 4.68.